The molecule has 0 aliphatic heterocycles. The van der Waals surface area contributed by atoms with Gasteiger partial charge in [0.05, 0.1) is 12.8 Å². The minimum atomic E-state index is -0.431. The Morgan fingerprint density at radius 1 is 1.15 bits per heavy atom. The summed E-state index contributed by atoms with van der Waals surface area (Å²) in [5, 5.41) is 4.00. The largest absolute Gasteiger partial charge is 0.494 e. The fourth-order valence-corrected chi connectivity index (χ4v) is 2.35. The molecule has 144 valence electrons. The summed E-state index contributed by atoms with van der Waals surface area (Å²) in [7, 11) is 1.79. The number of amides is 2. The van der Waals surface area contributed by atoms with Gasteiger partial charge in [0.15, 0.2) is 0 Å². The maximum absolute atomic E-state index is 12.1. The van der Waals surface area contributed by atoms with Crippen LogP contribution >= 0.6 is 0 Å². The van der Waals surface area contributed by atoms with E-state index in [-0.39, 0.29) is 0 Å². The van der Waals surface area contributed by atoms with Crippen molar-refractivity contribution in [1.82, 2.24) is 20.6 Å². The number of unbranched alkanes of at least 4 members (excludes halogenated alkanes) is 3. The lowest BCUT2D eigenvalue weighted by atomic mass is 10.2. The van der Waals surface area contributed by atoms with Gasteiger partial charge in [-0.2, -0.15) is 5.10 Å². The minimum absolute atomic E-state index is 0.396. The van der Waals surface area contributed by atoms with Crippen LogP contribution in [0.4, 0.5) is 0 Å². The van der Waals surface area contributed by atoms with E-state index in [1.54, 1.807) is 54.5 Å². The molecule has 0 saturated heterocycles. The average Bonchev–Trinajstić information content (AvgIpc) is 3.10. The third kappa shape index (κ3) is 7.35. The Labute approximate surface area is 159 Å². The number of carbonyl (C=O) groups is 2. The van der Waals surface area contributed by atoms with Crippen molar-refractivity contribution < 1.29 is 14.3 Å². The molecule has 1 aromatic carbocycles. The maximum atomic E-state index is 12.1. The van der Waals surface area contributed by atoms with Crippen molar-refractivity contribution in [1.29, 1.82) is 0 Å². The van der Waals surface area contributed by atoms with E-state index >= 15 is 0 Å². The number of hydrogen-bond acceptors (Lipinski definition) is 4. The zero-order valence-electron chi connectivity index (χ0n) is 15.8. The van der Waals surface area contributed by atoms with Crippen LogP contribution in [0.1, 0.15) is 48.5 Å². The van der Waals surface area contributed by atoms with Gasteiger partial charge in [0.2, 0.25) is 0 Å². The van der Waals surface area contributed by atoms with E-state index in [4.69, 9.17) is 4.74 Å². The summed E-state index contributed by atoms with van der Waals surface area (Å²) in [4.78, 5) is 23.8. The Bertz CT molecular complexity index is 766. The number of aromatic nitrogens is 2. The molecule has 7 nitrogen and oxygen atoms in total. The van der Waals surface area contributed by atoms with Crippen molar-refractivity contribution in [3.05, 3.63) is 53.9 Å². The summed E-state index contributed by atoms with van der Waals surface area (Å²) in [5.74, 6) is -0.0988. The summed E-state index contributed by atoms with van der Waals surface area (Å²) in [6.45, 7) is 2.84. The highest BCUT2D eigenvalue weighted by atomic mass is 16.5. The van der Waals surface area contributed by atoms with Gasteiger partial charge >= 0.3 is 0 Å². The second-order valence-corrected chi connectivity index (χ2v) is 6.16. The molecule has 2 aromatic rings. The van der Waals surface area contributed by atoms with E-state index < -0.39 is 11.8 Å². The molecule has 0 unspecified atom stereocenters. The number of ether oxygens (including phenoxy) is 1. The summed E-state index contributed by atoms with van der Waals surface area (Å²) in [6.07, 6.45) is 10.9. The van der Waals surface area contributed by atoms with Crippen LogP contribution in [-0.2, 0) is 11.8 Å². The molecular weight excluding hydrogens is 344 g/mol. The first-order valence-corrected chi connectivity index (χ1v) is 9.08. The third-order valence-electron chi connectivity index (χ3n) is 3.83. The molecule has 7 heteroatoms. The monoisotopic (exact) mass is 370 g/mol. The van der Waals surface area contributed by atoms with Crippen molar-refractivity contribution in [2.24, 2.45) is 7.05 Å². The Kier molecular flexibility index (Phi) is 8.09. The molecule has 0 radical (unpaired) electrons. The number of hydrogen-bond donors (Lipinski definition) is 2. The average molecular weight is 370 g/mol. The first kappa shape index (κ1) is 20.2. The smallest absolute Gasteiger partial charge is 0.269 e. The molecule has 0 fully saturated rings. The highest BCUT2D eigenvalue weighted by molar-refractivity contribution is 5.97. The van der Waals surface area contributed by atoms with E-state index in [1.807, 2.05) is 0 Å². The molecule has 2 N–H and O–H groups in total. The van der Waals surface area contributed by atoms with Crippen LogP contribution in [0.3, 0.4) is 0 Å². The predicted octanol–water partition coefficient (Wildman–Crippen LogP) is 2.85. The zero-order chi connectivity index (χ0) is 19.5. The van der Waals surface area contributed by atoms with E-state index in [0.717, 1.165) is 24.2 Å². The number of benzene rings is 1. The van der Waals surface area contributed by atoms with E-state index in [1.165, 1.54) is 18.9 Å². The molecule has 1 heterocycles. The molecule has 0 aliphatic carbocycles. The molecule has 0 atom stereocenters. The minimum Gasteiger partial charge on any atom is -0.494 e. The number of nitrogens with one attached hydrogen (secondary N) is 2. The van der Waals surface area contributed by atoms with Gasteiger partial charge in [-0.25, -0.2) is 0 Å². The van der Waals surface area contributed by atoms with Crippen LogP contribution in [0.2, 0.25) is 0 Å². The first-order valence-electron chi connectivity index (χ1n) is 9.08. The number of hydrazine groups is 1. The highest BCUT2D eigenvalue weighted by Crippen LogP contribution is 2.13. The lowest BCUT2D eigenvalue weighted by Crippen LogP contribution is -2.40. The second kappa shape index (κ2) is 10.8. The van der Waals surface area contributed by atoms with Gasteiger partial charge in [-0.1, -0.05) is 26.2 Å². The molecule has 0 saturated carbocycles. The van der Waals surface area contributed by atoms with Gasteiger partial charge in [0.1, 0.15) is 5.75 Å². The quantitative estimate of drug-likeness (QED) is 0.404. The highest BCUT2D eigenvalue weighted by Gasteiger charge is 2.06. The summed E-state index contributed by atoms with van der Waals surface area (Å²) >= 11 is 0. The van der Waals surface area contributed by atoms with Gasteiger partial charge in [-0.3, -0.25) is 25.1 Å². The Morgan fingerprint density at radius 3 is 2.59 bits per heavy atom. The molecule has 0 spiro atoms. The molecule has 27 heavy (non-hydrogen) atoms. The molecule has 2 rings (SSSR count). The molecule has 2 amide bonds. The standard InChI is InChI=1S/C20H26N4O3/c1-3-4-5-6-13-27-18-10-8-17(9-11-18)20(26)23-22-19(25)12-7-16-14-21-24(2)15-16/h7-12,14-15H,3-6,13H2,1-2H3,(H,22,25)(H,23,26)/b12-7+. The normalized spacial score (nSPS) is 10.7. The number of carbonyl (C=O) groups excluding carboxylic acids is 2. The first-order chi connectivity index (χ1) is 13.1. The van der Waals surface area contributed by atoms with Crippen LogP contribution in [0.15, 0.2) is 42.7 Å². The fourth-order valence-electron chi connectivity index (χ4n) is 2.35. The molecular formula is C20H26N4O3. The molecule has 0 aliphatic rings. The number of nitrogens with zero attached hydrogens (tertiary/aromatic N) is 2. The maximum Gasteiger partial charge on any atom is 0.269 e. The Balaban J connectivity index is 1.73. The summed E-state index contributed by atoms with van der Waals surface area (Å²) < 4.78 is 7.28. The van der Waals surface area contributed by atoms with Crippen molar-refractivity contribution in [3.63, 3.8) is 0 Å². The van der Waals surface area contributed by atoms with E-state index in [0.29, 0.717) is 12.2 Å². The third-order valence-corrected chi connectivity index (χ3v) is 3.83. The SMILES string of the molecule is CCCCCCOc1ccc(C(=O)NNC(=O)/C=C/c2cnn(C)c2)cc1. The van der Waals surface area contributed by atoms with Crippen LogP contribution in [0.25, 0.3) is 6.08 Å². The van der Waals surface area contributed by atoms with Crippen LogP contribution in [-0.4, -0.2) is 28.2 Å². The lowest BCUT2D eigenvalue weighted by Gasteiger charge is -2.08. The van der Waals surface area contributed by atoms with Crippen molar-refractivity contribution >= 4 is 17.9 Å². The lowest BCUT2D eigenvalue weighted by molar-refractivity contribution is -0.117. The van der Waals surface area contributed by atoms with Crippen LogP contribution in [0.5, 0.6) is 5.75 Å². The topological polar surface area (TPSA) is 85.2 Å². The van der Waals surface area contributed by atoms with Gasteiger partial charge < -0.3 is 4.74 Å². The summed E-state index contributed by atoms with van der Waals surface area (Å²) in [5.41, 5.74) is 5.95. The zero-order valence-corrected chi connectivity index (χ0v) is 15.8. The van der Waals surface area contributed by atoms with Crippen LogP contribution < -0.4 is 15.6 Å². The van der Waals surface area contributed by atoms with Crippen LogP contribution in [0, 0.1) is 0 Å². The van der Waals surface area contributed by atoms with E-state index in [2.05, 4.69) is 22.9 Å². The Hall–Kier alpha value is -3.09. The van der Waals surface area contributed by atoms with E-state index in [9.17, 15) is 9.59 Å². The number of rotatable bonds is 9. The fraction of sp³-hybridized carbons (Fsp3) is 0.350. The Morgan fingerprint density at radius 2 is 1.93 bits per heavy atom. The predicted molar refractivity (Wildman–Crippen MR) is 104 cm³/mol. The van der Waals surface area contributed by atoms with Gasteiger partial charge in [0.25, 0.3) is 11.8 Å². The van der Waals surface area contributed by atoms with Gasteiger partial charge in [-0.05, 0) is 36.8 Å². The van der Waals surface area contributed by atoms with Gasteiger partial charge in [-0.15, -0.1) is 0 Å². The number of aryl methyl sites for hydroxylation is 1. The van der Waals surface area contributed by atoms with Gasteiger partial charge in [0, 0.05) is 30.4 Å². The van der Waals surface area contributed by atoms with Crippen molar-refractivity contribution in [2.75, 3.05) is 6.61 Å². The summed E-state index contributed by atoms with van der Waals surface area (Å²) in [6, 6.07) is 6.82. The second-order valence-electron chi connectivity index (χ2n) is 6.16. The van der Waals surface area contributed by atoms with Crippen molar-refractivity contribution in [3.8, 4) is 5.75 Å². The molecule has 0 bridgehead atoms. The molecule has 1 aromatic heterocycles. The van der Waals surface area contributed by atoms with Crippen molar-refractivity contribution in [2.45, 2.75) is 32.6 Å².